The van der Waals surface area contributed by atoms with E-state index in [1.165, 1.54) is 7.11 Å². The Labute approximate surface area is 230 Å². The van der Waals surface area contributed by atoms with Gasteiger partial charge in [0.05, 0.1) is 12.6 Å². The summed E-state index contributed by atoms with van der Waals surface area (Å²) in [5, 5.41) is 6.47. The van der Waals surface area contributed by atoms with Gasteiger partial charge in [0.2, 0.25) is 0 Å². The van der Waals surface area contributed by atoms with Crippen molar-refractivity contribution in [2.75, 3.05) is 13.7 Å². The zero-order valence-electron chi connectivity index (χ0n) is 22.1. The minimum absolute atomic E-state index is 0.201. The van der Waals surface area contributed by atoms with Gasteiger partial charge in [-0.3, -0.25) is 10.1 Å². The maximum atomic E-state index is 13.1. The Hall–Kier alpha value is -4.42. The maximum Gasteiger partial charge on any atom is 0.407 e. The van der Waals surface area contributed by atoms with Crippen LogP contribution in [0, 0.1) is 0 Å². The van der Waals surface area contributed by atoms with Crippen molar-refractivity contribution in [2.45, 2.75) is 31.0 Å². The Morgan fingerprint density at radius 2 is 1.18 bits per heavy atom. The summed E-state index contributed by atoms with van der Waals surface area (Å²) < 4.78 is 10.5. The van der Waals surface area contributed by atoms with Gasteiger partial charge in [-0.1, -0.05) is 121 Å². The van der Waals surface area contributed by atoms with Crippen LogP contribution >= 0.6 is 0 Å². The van der Waals surface area contributed by atoms with Crippen LogP contribution in [0.2, 0.25) is 0 Å². The molecular weight excluding hydrogens is 488 g/mol. The molecule has 0 aromatic heterocycles. The number of carbonyl (C=O) groups excluding carboxylic acids is 2. The van der Waals surface area contributed by atoms with Crippen LogP contribution in [0.4, 0.5) is 4.79 Å². The fourth-order valence-electron chi connectivity index (χ4n) is 4.74. The molecule has 0 aliphatic rings. The smallest absolute Gasteiger partial charge is 0.407 e. The highest BCUT2D eigenvalue weighted by molar-refractivity contribution is 5.76. The van der Waals surface area contributed by atoms with Gasteiger partial charge in [0.15, 0.2) is 0 Å². The Balaban J connectivity index is 1.53. The number of nitrogens with one attached hydrogen (secondary N) is 2. The molecule has 0 bridgehead atoms. The van der Waals surface area contributed by atoms with E-state index in [1.54, 1.807) is 0 Å². The van der Waals surface area contributed by atoms with Gasteiger partial charge >= 0.3 is 12.1 Å². The number of benzene rings is 4. The van der Waals surface area contributed by atoms with E-state index in [2.05, 4.69) is 47.0 Å². The molecule has 0 fully saturated rings. The van der Waals surface area contributed by atoms with Crippen LogP contribution in [0.5, 0.6) is 0 Å². The molecule has 0 unspecified atom stereocenters. The van der Waals surface area contributed by atoms with Crippen molar-refractivity contribution >= 4 is 12.1 Å². The minimum Gasteiger partial charge on any atom is -0.468 e. The first kappa shape index (κ1) is 27.6. The van der Waals surface area contributed by atoms with Crippen molar-refractivity contribution in [3.05, 3.63) is 144 Å². The molecule has 1 atom stereocenters. The largest absolute Gasteiger partial charge is 0.468 e. The monoisotopic (exact) mass is 522 g/mol. The first-order chi connectivity index (χ1) is 19.1. The number of alkyl carbamates (subject to hydrolysis) is 1. The lowest BCUT2D eigenvalue weighted by Gasteiger charge is -2.39. The fraction of sp³-hybridized carbons (Fsp3) is 0.212. The number of ether oxygens (including phenoxy) is 2. The Bertz CT molecular complexity index is 1200. The van der Waals surface area contributed by atoms with Gasteiger partial charge < -0.3 is 14.8 Å². The average Bonchev–Trinajstić information content (AvgIpc) is 3.01. The van der Waals surface area contributed by atoms with Gasteiger partial charge in [0.25, 0.3) is 0 Å². The van der Waals surface area contributed by atoms with E-state index >= 15 is 0 Å². The molecule has 0 heterocycles. The van der Waals surface area contributed by atoms with E-state index < -0.39 is 17.7 Å². The van der Waals surface area contributed by atoms with Crippen LogP contribution < -0.4 is 10.6 Å². The fourth-order valence-corrected chi connectivity index (χ4v) is 4.74. The standard InChI is InChI=1S/C33H34N2O4/c1-38-31(36)30(23-14-24-34-32(37)39-25-26-15-6-2-7-16-26)35-33(27-17-8-3-9-18-27,28-19-10-4-11-20-28)29-21-12-5-13-22-29/h2-13,15-22,30,35H,14,23-25H2,1H3,(H,34,37)/t30-/m0/s1. The Morgan fingerprint density at radius 1 is 0.718 bits per heavy atom. The molecule has 1 amide bonds. The molecule has 0 aliphatic heterocycles. The van der Waals surface area contributed by atoms with Gasteiger partial charge in [0, 0.05) is 6.54 Å². The lowest BCUT2D eigenvalue weighted by Crippen LogP contribution is -2.53. The SMILES string of the molecule is COC(=O)[C@H](CCCNC(=O)OCc1ccccc1)NC(c1ccccc1)(c1ccccc1)c1ccccc1. The lowest BCUT2D eigenvalue weighted by atomic mass is 9.76. The first-order valence-corrected chi connectivity index (χ1v) is 13.1. The molecule has 39 heavy (non-hydrogen) atoms. The van der Waals surface area contributed by atoms with E-state index in [4.69, 9.17) is 9.47 Å². The molecule has 4 rings (SSSR count). The van der Waals surface area contributed by atoms with Gasteiger partial charge in [-0.05, 0) is 35.1 Å². The molecule has 0 radical (unpaired) electrons. The Kier molecular flexibility index (Phi) is 9.86. The van der Waals surface area contributed by atoms with Crippen molar-refractivity contribution in [1.82, 2.24) is 10.6 Å². The third kappa shape index (κ3) is 7.12. The third-order valence-corrected chi connectivity index (χ3v) is 6.65. The highest BCUT2D eigenvalue weighted by Gasteiger charge is 2.39. The van der Waals surface area contributed by atoms with Gasteiger partial charge in [-0.2, -0.15) is 0 Å². The second-order valence-corrected chi connectivity index (χ2v) is 9.20. The molecule has 4 aromatic rings. The summed E-state index contributed by atoms with van der Waals surface area (Å²) in [5.41, 5.74) is 3.10. The number of carbonyl (C=O) groups is 2. The number of hydrogen-bond acceptors (Lipinski definition) is 5. The average molecular weight is 523 g/mol. The molecule has 6 nitrogen and oxygen atoms in total. The third-order valence-electron chi connectivity index (χ3n) is 6.65. The zero-order valence-corrected chi connectivity index (χ0v) is 22.1. The number of esters is 1. The predicted octanol–water partition coefficient (Wildman–Crippen LogP) is 5.82. The first-order valence-electron chi connectivity index (χ1n) is 13.1. The van der Waals surface area contributed by atoms with Crippen LogP contribution in [0.25, 0.3) is 0 Å². The topological polar surface area (TPSA) is 76.7 Å². The normalized spacial score (nSPS) is 11.8. The van der Waals surface area contributed by atoms with E-state index in [9.17, 15) is 9.59 Å². The highest BCUT2D eigenvalue weighted by atomic mass is 16.5. The van der Waals surface area contributed by atoms with E-state index in [0.717, 1.165) is 22.3 Å². The molecule has 6 heteroatoms. The summed E-state index contributed by atoms with van der Waals surface area (Å²) in [4.78, 5) is 25.3. The zero-order chi connectivity index (χ0) is 27.3. The van der Waals surface area contributed by atoms with Crippen LogP contribution in [-0.4, -0.2) is 31.8 Å². The second kappa shape index (κ2) is 13.9. The van der Waals surface area contributed by atoms with E-state index in [-0.39, 0.29) is 12.6 Å². The van der Waals surface area contributed by atoms with E-state index in [1.807, 2.05) is 84.9 Å². The van der Waals surface area contributed by atoms with Gasteiger partial charge in [0.1, 0.15) is 12.6 Å². The summed E-state index contributed by atoms with van der Waals surface area (Å²) in [6, 6.07) is 39.1. The van der Waals surface area contributed by atoms with Crippen LogP contribution in [-0.2, 0) is 26.4 Å². The number of rotatable bonds is 12. The van der Waals surface area contributed by atoms with Gasteiger partial charge in [-0.15, -0.1) is 0 Å². The molecular formula is C33H34N2O4. The van der Waals surface area contributed by atoms with Crippen molar-refractivity contribution in [3.8, 4) is 0 Å². The van der Waals surface area contributed by atoms with Crippen molar-refractivity contribution in [1.29, 1.82) is 0 Å². The Morgan fingerprint density at radius 3 is 1.64 bits per heavy atom. The molecule has 200 valence electrons. The van der Waals surface area contributed by atoms with Crippen LogP contribution in [0.15, 0.2) is 121 Å². The molecule has 0 saturated heterocycles. The van der Waals surface area contributed by atoms with E-state index in [0.29, 0.717) is 19.4 Å². The number of methoxy groups -OCH3 is 1. The molecule has 0 saturated carbocycles. The summed E-state index contributed by atoms with van der Waals surface area (Å²) in [5.74, 6) is -0.367. The van der Waals surface area contributed by atoms with Crippen molar-refractivity contribution < 1.29 is 19.1 Å². The highest BCUT2D eigenvalue weighted by Crippen LogP contribution is 2.37. The molecule has 2 N–H and O–H groups in total. The summed E-state index contributed by atoms with van der Waals surface area (Å²) in [6.45, 7) is 0.560. The van der Waals surface area contributed by atoms with Crippen LogP contribution in [0.3, 0.4) is 0 Å². The molecule has 0 spiro atoms. The molecule has 4 aromatic carbocycles. The lowest BCUT2D eigenvalue weighted by molar-refractivity contribution is -0.143. The maximum absolute atomic E-state index is 13.1. The minimum atomic E-state index is -0.815. The van der Waals surface area contributed by atoms with Crippen LogP contribution in [0.1, 0.15) is 35.1 Å². The quantitative estimate of drug-likeness (QED) is 0.139. The predicted molar refractivity (Wildman–Crippen MR) is 152 cm³/mol. The van der Waals surface area contributed by atoms with Gasteiger partial charge in [-0.25, -0.2) is 4.79 Å². The van der Waals surface area contributed by atoms with Crippen molar-refractivity contribution in [2.24, 2.45) is 0 Å². The summed E-state index contributed by atoms with van der Waals surface area (Å²) in [6.07, 6.45) is 0.496. The summed E-state index contributed by atoms with van der Waals surface area (Å²) >= 11 is 0. The number of hydrogen-bond donors (Lipinski definition) is 2. The van der Waals surface area contributed by atoms with Crippen molar-refractivity contribution in [3.63, 3.8) is 0 Å². The number of amides is 1. The molecule has 0 aliphatic carbocycles. The summed E-state index contributed by atoms with van der Waals surface area (Å²) in [7, 11) is 1.39. The second-order valence-electron chi connectivity index (χ2n) is 9.20.